The number of carbonyl (C=O) groups is 3. The van der Waals surface area contributed by atoms with Gasteiger partial charge in [0.05, 0.1) is 28.9 Å². The SMILES string of the molecule is C[C@@]1(c2ccc3c(c2)OCCCO3)NC(=O)N(CC(=O)Nc2cccc(Cl)c2Cl)C1=O. The zero-order valence-electron chi connectivity index (χ0n) is 16.5. The molecule has 2 heterocycles. The van der Waals surface area contributed by atoms with Crippen LogP contribution in [-0.2, 0) is 15.1 Å². The van der Waals surface area contributed by atoms with E-state index in [-0.39, 0.29) is 15.7 Å². The highest BCUT2D eigenvalue weighted by molar-refractivity contribution is 6.44. The fourth-order valence-electron chi connectivity index (χ4n) is 3.44. The summed E-state index contributed by atoms with van der Waals surface area (Å²) in [6, 6.07) is 9.18. The summed E-state index contributed by atoms with van der Waals surface area (Å²) < 4.78 is 11.3. The van der Waals surface area contributed by atoms with Crippen LogP contribution in [0.5, 0.6) is 11.5 Å². The number of urea groups is 1. The van der Waals surface area contributed by atoms with Crippen molar-refractivity contribution in [2.45, 2.75) is 18.9 Å². The number of hydrogen-bond acceptors (Lipinski definition) is 5. The minimum absolute atomic E-state index is 0.173. The van der Waals surface area contributed by atoms with Crippen LogP contribution in [0.25, 0.3) is 0 Å². The number of nitrogens with one attached hydrogen (secondary N) is 2. The standard InChI is InChI=1S/C21H19Cl2N3O5/c1-21(12-6-7-15-16(10-12)31-9-3-8-30-15)19(28)26(20(29)25-21)11-17(27)24-14-5-2-4-13(22)18(14)23/h2,4-7,10H,3,8-9,11H2,1H3,(H,24,27)(H,25,29)/t21-/m0/s1. The average molecular weight is 464 g/mol. The third-order valence-electron chi connectivity index (χ3n) is 5.13. The van der Waals surface area contributed by atoms with E-state index >= 15 is 0 Å². The molecule has 1 atom stereocenters. The smallest absolute Gasteiger partial charge is 0.325 e. The molecule has 1 fully saturated rings. The Balaban J connectivity index is 1.52. The van der Waals surface area contributed by atoms with Crippen molar-refractivity contribution < 1.29 is 23.9 Å². The van der Waals surface area contributed by atoms with Crippen molar-refractivity contribution in [3.05, 3.63) is 52.0 Å². The van der Waals surface area contributed by atoms with E-state index in [4.69, 9.17) is 32.7 Å². The fraction of sp³-hybridized carbons (Fsp3) is 0.286. The molecule has 0 spiro atoms. The Morgan fingerprint density at radius 2 is 1.90 bits per heavy atom. The lowest BCUT2D eigenvalue weighted by Gasteiger charge is -2.23. The summed E-state index contributed by atoms with van der Waals surface area (Å²) in [7, 11) is 0. The molecule has 1 saturated heterocycles. The van der Waals surface area contributed by atoms with Gasteiger partial charge in [0.25, 0.3) is 5.91 Å². The summed E-state index contributed by atoms with van der Waals surface area (Å²) in [6.45, 7) is 2.14. The Labute approximate surface area is 188 Å². The molecule has 2 aromatic rings. The average Bonchev–Trinajstić information content (AvgIpc) is 2.91. The van der Waals surface area contributed by atoms with Crippen LogP contribution < -0.4 is 20.1 Å². The quantitative estimate of drug-likeness (QED) is 0.675. The molecule has 10 heteroatoms. The molecule has 0 unspecified atom stereocenters. The topological polar surface area (TPSA) is 97.0 Å². The number of halogens is 2. The molecule has 2 aliphatic rings. The number of imide groups is 1. The van der Waals surface area contributed by atoms with Crippen LogP contribution in [0, 0.1) is 0 Å². The Hall–Kier alpha value is -2.97. The molecule has 8 nitrogen and oxygen atoms in total. The lowest BCUT2D eigenvalue weighted by Crippen LogP contribution is -2.42. The van der Waals surface area contributed by atoms with Crippen LogP contribution in [0.4, 0.5) is 10.5 Å². The maximum Gasteiger partial charge on any atom is 0.325 e. The molecule has 2 N–H and O–H groups in total. The van der Waals surface area contributed by atoms with Gasteiger partial charge in [-0.2, -0.15) is 0 Å². The second-order valence-electron chi connectivity index (χ2n) is 7.31. The Morgan fingerprint density at radius 3 is 2.68 bits per heavy atom. The predicted molar refractivity (Wildman–Crippen MR) is 115 cm³/mol. The third-order valence-corrected chi connectivity index (χ3v) is 5.95. The highest BCUT2D eigenvalue weighted by Crippen LogP contribution is 2.36. The largest absolute Gasteiger partial charge is 0.490 e. The second-order valence-corrected chi connectivity index (χ2v) is 8.09. The van der Waals surface area contributed by atoms with Crippen molar-refractivity contribution in [3.8, 4) is 11.5 Å². The normalized spacial score (nSPS) is 20.3. The van der Waals surface area contributed by atoms with E-state index < -0.39 is 29.9 Å². The summed E-state index contributed by atoms with van der Waals surface area (Å²) in [5, 5.41) is 5.69. The monoisotopic (exact) mass is 463 g/mol. The number of anilines is 1. The zero-order chi connectivity index (χ0) is 22.2. The van der Waals surface area contributed by atoms with E-state index in [1.165, 1.54) is 0 Å². The summed E-state index contributed by atoms with van der Waals surface area (Å²) in [4.78, 5) is 39.0. The van der Waals surface area contributed by atoms with Crippen LogP contribution >= 0.6 is 23.2 Å². The summed E-state index contributed by atoms with van der Waals surface area (Å²) in [6.07, 6.45) is 0.747. The van der Waals surface area contributed by atoms with Crippen molar-refractivity contribution in [2.24, 2.45) is 0 Å². The number of amides is 4. The van der Waals surface area contributed by atoms with Gasteiger partial charge in [0.2, 0.25) is 5.91 Å². The van der Waals surface area contributed by atoms with E-state index in [0.29, 0.717) is 30.3 Å². The Morgan fingerprint density at radius 1 is 1.16 bits per heavy atom. The van der Waals surface area contributed by atoms with Crippen LogP contribution in [0.15, 0.2) is 36.4 Å². The van der Waals surface area contributed by atoms with Gasteiger partial charge in [-0.15, -0.1) is 0 Å². The fourth-order valence-corrected chi connectivity index (χ4v) is 3.79. The molecular formula is C21H19Cl2N3O5. The van der Waals surface area contributed by atoms with E-state index in [9.17, 15) is 14.4 Å². The molecule has 0 bridgehead atoms. The van der Waals surface area contributed by atoms with Crippen LogP contribution in [-0.4, -0.2) is 42.5 Å². The highest BCUT2D eigenvalue weighted by Gasteiger charge is 2.49. The van der Waals surface area contributed by atoms with Gasteiger partial charge in [-0.1, -0.05) is 35.3 Å². The van der Waals surface area contributed by atoms with E-state index in [1.54, 1.807) is 43.3 Å². The Kier molecular flexibility index (Phi) is 5.68. The molecule has 2 aromatic carbocycles. The summed E-state index contributed by atoms with van der Waals surface area (Å²) in [5.41, 5.74) is -0.539. The molecule has 162 valence electrons. The van der Waals surface area contributed by atoms with Gasteiger partial charge >= 0.3 is 6.03 Å². The maximum atomic E-state index is 13.1. The summed E-state index contributed by atoms with van der Waals surface area (Å²) in [5.74, 6) is -0.0590. The number of rotatable bonds is 4. The zero-order valence-corrected chi connectivity index (χ0v) is 18.0. The molecule has 0 aliphatic carbocycles. The first kappa shape index (κ1) is 21.3. The lowest BCUT2D eigenvalue weighted by molar-refractivity contribution is -0.133. The highest BCUT2D eigenvalue weighted by atomic mass is 35.5. The van der Waals surface area contributed by atoms with Crippen molar-refractivity contribution in [3.63, 3.8) is 0 Å². The number of fused-ring (bicyclic) bond motifs is 1. The van der Waals surface area contributed by atoms with Crippen LogP contribution in [0.3, 0.4) is 0 Å². The lowest BCUT2D eigenvalue weighted by atomic mass is 9.91. The number of carbonyl (C=O) groups excluding carboxylic acids is 3. The number of hydrogen-bond donors (Lipinski definition) is 2. The van der Waals surface area contributed by atoms with Crippen LogP contribution in [0.1, 0.15) is 18.9 Å². The van der Waals surface area contributed by atoms with Gasteiger partial charge in [0.1, 0.15) is 12.1 Å². The molecule has 0 aromatic heterocycles. The van der Waals surface area contributed by atoms with Crippen molar-refractivity contribution in [2.75, 3.05) is 25.1 Å². The van der Waals surface area contributed by atoms with Crippen LogP contribution in [0.2, 0.25) is 10.0 Å². The number of benzene rings is 2. The van der Waals surface area contributed by atoms with E-state index in [1.807, 2.05) is 0 Å². The Bertz CT molecular complexity index is 1080. The summed E-state index contributed by atoms with van der Waals surface area (Å²) >= 11 is 12.0. The molecule has 31 heavy (non-hydrogen) atoms. The second kappa shape index (κ2) is 8.28. The molecule has 0 saturated carbocycles. The van der Waals surface area contributed by atoms with Gasteiger partial charge in [-0.3, -0.25) is 14.5 Å². The molecule has 4 rings (SSSR count). The van der Waals surface area contributed by atoms with Crippen molar-refractivity contribution in [1.29, 1.82) is 0 Å². The predicted octanol–water partition coefficient (Wildman–Crippen LogP) is 3.56. The first-order valence-electron chi connectivity index (χ1n) is 9.57. The molecule has 4 amide bonds. The van der Waals surface area contributed by atoms with Crippen molar-refractivity contribution >= 4 is 46.7 Å². The van der Waals surface area contributed by atoms with Gasteiger partial charge < -0.3 is 20.1 Å². The van der Waals surface area contributed by atoms with Gasteiger partial charge in [-0.05, 0) is 36.8 Å². The minimum Gasteiger partial charge on any atom is -0.490 e. The third kappa shape index (κ3) is 4.00. The first-order valence-corrected chi connectivity index (χ1v) is 10.3. The van der Waals surface area contributed by atoms with Gasteiger partial charge in [0.15, 0.2) is 11.5 Å². The van der Waals surface area contributed by atoms with E-state index in [2.05, 4.69) is 10.6 Å². The number of ether oxygens (including phenoxy) is 2. The van der Waals surface area contributed by atoms with Gasteiger partial charge in [-0.25, -0.2) is 4.79 Å². The molecular weight excluding hydrogens is 445 g/mol. The van der Waals surface area contributed by atoms with Crippen molar-refractivity contribution in [1.82, 2.24) is 10.2 Å². The maximum absolute atomic E-state index is 13.1. The minimum atomic E-state index is -1.35. The number of nitrogens with zero attached hydrogens (tertiary/aromatic N) is 1. The molecule has 0 radical (unpaired) electrons. The molecule has 2 aliphatic heterocycles. The van der Waals surface area contributed by atoms with Gasteiger partial charge in [0, 0.05) is 6.42 Å². The first-order chi connectivity index (χ1) is 14.8. The van der Waals surface area contributed by atoms with E-state index in [0.717, 1.165) is 11.3 Å².